The van der Waals surface area contributed by atoms with Crippen molar-refractivity contribution < 1.29 is 19.8 Å². The van der Waals surface area contributed by atoms with Gasteiger partial charge in [-0.1, -0.05) is 67.0 Å². The average molecular weight is 493 g/mol. The van der Waals surface area contributed by atoms with E-state index in [2.05, 4.69) is 6.92 Å². The van der Waals surface area contributed by atoms with Gasteiger partial charge in [-0.15, -0.1) is 0 Å². The molecule has 1 aliphatic heterocycles. The molecule has 194 valence electrons. The number of benzene rings is 2. The van der Waals surface area contributed by atoms with Gasteiger partial charge in [-0.3, -0.25) is 10.2 Å². The van der Waals surface area contributed by atoms with Crippen molar-refractivity contribution >= 4 is 17.6 Å². The molecule has 0 aliphatic carbocycles. The molecule has 3 N–H and O–H groups in total. The van der Waals surface area contributed by atoms with E-state index in [4.69, 9.17) is 5.41 Å². The number of amidine groups is 1. The second kappa shape index (κ2) is 10.1. The molecule has 0 aromatic heterocycles. The van der Waals surface area contributed by atoms with E-state index >= 15 is 0 Å². The molecule has 1 heterocycles. The normalized spacial score (nSPS) is 18.5. The SMILES string of the molecule is CCCC1CN(CC(=O)c2cc(C(C)(C)C)c(O)c(C(C)(C)C)c2)C(=N)C1c1ccc(C(=O)O)cc1. The molecule has 0 bridgehead atoms. The van der Waals surface area contributed by atoms with Crippen molar-refractivity contribution in [1.82, 2.24) is 4.90 Å². The van der Waals surface area contributed by atoms with Crippen LogP contribution in [0.1, 0.15) is 105 Å². The van der Waals surface area contributed by atoms with E-state index in [0.717, 1.165) is 29.5 Å². The summed E-state index contributed by atoms with van der Waals surface area (Å²) in [6.07, 6.45) is 1.88. The highest BCUT2D eigenvalue weighted by molar-refractivity contribution is 6.01. The third-order valence-electron chi connectivity index (χ3n) is 7.12. The van der Waals surface area contributed by atoms with Gasteiger partial charge in [0.05, 0.1) is 12.1 Å². The zero-order chi connectivity index (χ0) is 27.0. The molecule has 2 aromatic carbocycles. The number of aromatic hydroxyl groups is 1. The number of carbonyl (C=O) groups is 2. The smallest absolute Gasteiger partial charge is 0.335 e. The Kier molecular flexibility index (Phi) is 7.68. The number of hydrogen-bond acceptors (Lipinski definition) is 4. The van der Waals surface area contributed by atoms with Gasteiger partial charge in [-0.2, -0.15) is 0 Å². The summed E-state index contributed by atoms with van der Waals surface area (Å²) in [6.45, 7) is 15.0. The quantitative estimate of drug-likeness (QED) is 0.390. The summed E-state index contributed by atoms with van der Waals surface area (Å²) < 4.78 is 0. The summed E-state index contributed by atoms with van der Waals surface area (Å²) in [6, 6.07) is 10.4. The predicted octanol–water partition coefficient (Wildman–Crippen LogP) is 6.36. The maximum absolute atomic E-state index is 13.6. The summed E-state index contributed by atoms with van der Waals surface area (Å²) in [5, 5.41) is 29.2. The molecule has 0 saturated carbocycles. The molecule has 1 fully saturated rings. The van der Waals surface area contributed by atoms with E-state index < -0.39 is 5.97 Å². The van der Waals surface area contributed by atoms with Crippen LogP contribution >= 0.6 is 0 Å². The number of phenolic OH excluding ortho intramolecular Hbond substituents is 1. The molecule has 6 heteroatoms. The Morgan fingerprint density at radius 2 is 1.50 bits per heavy atom. The largest absolute Gasteiger partial charge is 0.507 e. The molecular formula is C30H40N2O4. The molecule has 1 aliphatic rings. The van der Waals surface area contributed by atoms with Crippen molar-refractivity contribution in [3.05, 3.63) is 64.2 Å². The van der Waals surface area contributed by atoms with Crippen LogP contribution in [0.25, 0.3) is 0 Å². The summed E-state index contributed by atoms with van der Waals surface area (Å²) in [4.78, 5) is 26.7. The Bertz CT molecular complexity index is 1120. The molecule has 2 unspecified atom stereocenters. The first kappa shape index (κ1) is 27.4. The Morgan fingerprint density at radius 1 is 0.972 bits per heavy atom. The number of carboxylic acid groups (broad SMARTS) is 1. The monoisotopic (exact) mass is 492 g/mol. The number of hydrogen-bond donors (Lipinski definition) is 3. The standard InChI is InChI=1S/C30H40N2O4/c1-8-9-20-16-32(27(31)25(20)18-10-12-19(13-11-18)28(35)36)17-24(33)21-14-22(29(2,3)4)26(34)23(15-21)30(5,6)7/h10-15,20,25,31,34H,8-9,16-17H2,1-7H3,(H,35,36). The highest BCUT2D eigenvalue weighted by Gasteiger charge is 2.39. The van der Waals surface area contributed by atoms with Crippen molar-refractivity contribution in [2.75, 3.05) is 13.1 Å². The lowest BCUT2D eigenvalue weighted by Crippen LogP contribution is -2.32. The van der Waals surface area contributed by atoms with Gasteiger partial charge in [0.1, 0.15) is 11.6 Å². The van der Waals surface area contributed by atoms with Gasteiger partial charge in [0, 0.05) is 29.2 Å². The van der Waals surface area contributed by atoms with E-state index in [1.54, 1.807) is 36.4 Å². The third kappa shape index (κ3) is 5.63. The molecule has 6 nitrogen and oxygen atoms in total. The number of likely N-dealkylation sites (tertiary alicyclic amines) is 1. The van der Waals surface area contributed by atoms with E-state index in [0.29, 0.717) is 17.9 Å². The van der Waals surface area contributed by atoms with Gasteiger partial charge in [-0.05, 0) is 53.0 Å². The number of ketones is 1. The zero-order valence-corrected chi connectivity index (χ0v) is 22.6. The third-order valence-corrected chi connectivity index (χ3v) is 7.12. The number of Topliss-reactive ketones (excluding diaryl/α,β-unsaturated/α-hetero) is 1. The van der Waals surface area contributed by atoms with E-state index in [1.165, 1.54) is 0 Å². The highest BCUT2D eigenvalue weighted by atomic mass is 16.4. The molecule has 3 rings (SSSR count). The van der Waals surface area contributed by atoms with Crippen molar-refractivity contribution in [3.63, 3.8) is 0 Å². The first-order chi connectivity index (χ1) is 16.6. The van der Waals surface area contributed by atoms with Crippen LogP contribution in [0.5, 0.6) is 5.75 Å². The maximum atomic E-state index is 13.6. The van der Waals surface area contributed by atoms with Gasteiger partial charge in [-0.25, -0.2) is 4.79 Å². The minimum absolute atomic E-state index is 0.0760. The van der Waals surface area contributed by atoms with Gasteiger partial charge in [0.25, 0.3) is 0 Å². The van der Waals surface area contributed by atoms with Gasteiger partial charge < -0.3 is 15.1 Å². The first-order valence-electron chi connectivity index (χ1n) is 12.7. The Hall–Kier alpha value is -3.15. The van der Waals surface area contributed by atoms with Crippen molar-refractivity contribution in [2.24, 2.45) is 5.92 Å². The molecule has 36 heavy (non-hydrogen) atoms. The number of nitrogens with one attached hydrogen (secondary N) is 1. The van der Waals surface area contributed by atoms with Crippen LogP contribution < -0.4 is 0 Å². The lowest BCUT2D eigenvalue weighted by molar-refractivity contribution is 0.0696. The fourth-order valence-electron chi connectivity index (χ4n) is 5.15. The summed E-state index contributed by atoms with van der Waals surface area (Å²) in [5.74, 6) is -0.396. The summed E-state index contributed by atoms with van der Waals surface area (Å²) in [7, 11) is 0. The number of phenols is 1. The van der Waals surface area contributed by atoms with E-state index in [1.807, 2.05) is 46.4 Å². The minimum atomic E-state index is -0.974. The second-order valence-electron chi connectivity index (χ2n) is 12.1. The average Bonchev–Trinajstić information content (AvgIpc) is 3.07. The van der Waals surface area contributed by atoms with Crippen LogP contribution in [0.3, 0.4) is 0 Å². The van der Waals surface area contributed by atoms with Crippen LogP contribution in [-0.2, 0) is 10.8 Å². The number of rotatable bonds is 7. The Labute approximate surface area is 214 Å². The van der Waals surface area contributed by atoms with Gasteiger partial charge in [0.15, 0.2) is 5.78 Å². The van der Waals surface area contributed by atoms with Crippen LogP contribution in [0.4, 0.5) is 0 Å². The topological polar surface area (TPSA) is 102 Å². The number of carboxylic acids is 1. The summed E-state index contributed by atoms with van der Waals surface area (Å²) in [5.41, 5.74) is 2.51. The fourth-order valence-corrected chi connectivity index (χ4v) is 5.15. The van der Waals surface area contributed by atoms with Gasteiger partial charge in [0.2, 0.25) is 0 Å². The molecule has 0 amide bonds. The van der Waals surface area contributed by atoms with Crippen molar-refractivity contribution in [1.29, 1.82) is 5.41 Å². The molecular weight excluding hydrogens is 452 g/mol. The Morgan fingerprint density at radius 3 is 1.94 bits per heavy atom. The van der Waals surface area contributed by atoms with Crippen LogP contribution in [0.15, 0.2) is 36.4 Å². The molecule has 0 spiro atoms. The predicted molar refractivity (Wildman–Crippen MR) is 144 cm³/mol. The lowest BCUT2D eigenvalue weighted by atomic mass is 9.78. The van der Waals surface area contributed by atoms with Crippen LogP contribution in [-0.4, -0.2) is 45.8 Å². The fraction of sp³-hybridized carbons (Fsp3) is 0.500. The maximum Gasteiger partial charge on any atom is 0.335 e. The molecule has 1 saturated heterocycles. The van der Waals surface area contributed by atoms with E-state index in [-0.39, 0.29) is 46.3 Å². The number of nitrogens with zero attached hydrogens (tertiary/aromatic N) is 1. The highest BCUT2D eigenvalue weighted by Crippen LogP contribution is 2.41. The van der Waals surface area contributed by atoms with Gasteiger partial charge >= 0.3 is 5.97 Å². The lowest BCUT2D eigenvalue weighted by Gasteiger charge is -2.28. The first-order valence-corrected chi connectivity index (χ1v) is 12.7. The number of aromatic carboxylic acids is 1. The molecule has 2 atom stereocenters. The Balaban J connectivity index is 1.92. The number of carbonyl (C=O) groups excluding carboxylic acids is 1. The molecule has 2 aromatic rings. The van der Waals surface area contributed by atoms with Crippen LogP contribution in [0.2, 0.25) is 0 Å². The van der Waals surface area contributed by atoms with Crippen LogP contribution in [0, 0.1) is 11.3 Å². The second-order valence-corrected chi connectivity index (χ2v) is 12.1. The zero-order valence-electron chi connectivity index (χ0n) is 22.6. The minimum Gasteiger partial charge on any atom is -0.507 e. The van der Waals surface area contributed by atoms with Crippen molar-refractivity contribution in [3.8, 4) is 5.75 Å². The summed E-state index contributed by atoms with van der Waals surface area (Å²) >= 11 is 0. The van der Waals surface area contributed by atoms with E-state index in [9.17, 15) is 19.8 Å². The van der Waals surface area contributed by atoms with Crippen molar-refractivity contribution in [2.45, 2.75) is 78.1 Å². The molecule has 0 radical (unpaired) electrons.